The van der Waals surface area contributed by atoms with E-state index < -0.39 is 11.9 Å². The largest absolute Gasteiger partial charge is 0.497 e. The van der Waals surface area contributed by atoms with E-state index >= 15 is 0 Å². The first kappa shape index (κ1) is 30.3. The highest BCUT2D eigenvalue weighted by atomic mass is 79.9. The lowest BCUT2D eigenvalue weighted by Gasteiger charge is -2.11. The molecule has 0 unspecified atom stereocenters. The maximum atomic E-state index is 12.8. The molecule has 0 aliphatic rings. The maximum Gasteiger partial charge on any atom is 0.345 e. The molecule has 0 bridgehead atoms. The molecule has 0 atom stereocenters. The van der Waals surface area contributed by atoms with E-state index in [1.165, 1.54) is 30.5 Å². The number of benzene rings is 4. The predicted octanol–water partition coefficient (Wildman–Crippen LogP) is 7.76. The molecule has 0 spiro atoms. The summed E-state index contributed by atoms with van der Waals surface area (Å²) in [7, 11) is 1.54. The van der Waals surface area contributed by atoms with Crippen LogP contribution in [0.25, 0.3) is 0 Å². The minimum atomic E-state index is -0.707. The number of nitrogens with one attached hydrogen (secondary N) is 2. The Bertz CT molecular complexity index is 1660. The van der Waals surface area contributed by atoms with Crippen LogP contribution in [0.4, 0.5) is 5.69 Å². The van der Waals surface area contributed by atoms with Gasteiger partial charge in [0, 0.05) is 31.9 Å². The third-order valence-electron chi connectivity index (χ3n) is 5.49. The summed E-state index contributed by atoms with van der Waals surface area (Å²) in [5.74, 6) is -0.785. The smallest absolute Gasteiger partial charge is 0.345 e. The van der Waals surface area contributed by atoms with Crippen molar-refractivity contribution in [2.24, 2.45) is 5.10 Å². The van der Waals surface area contributed by atoms with Crippen LogP contribution in [-0.4, -0.2) is 31.1 Å². The van der Waals surface area contributed by atoms with Gasteiger partial charge < -0.3 is 14.8 Å². The lowest BCUT2D eigenvalue weighted by Crippen LogP contribution is -2.18. The molecule has 4 aromatic rings. The van der Waals surface area contributed by atoms with Crippen LogP contribution in [0.3, 0.4) is 0 Å². The molecule has 0 aliphatic carbocycles. The van der Waals surface area contributed by atoms with Crippen LogP contribution in [0.2, 0.25) is 10.0 Å². The third-order valence-corrected chi connectivity index (χ3v) is 7.08. The van der Waals surface area contributed by atoms with E-state index in [1.807, 2.05) is 0 Å². The number of hydrogen-bond acceptors (Lipinski definition) is 6. The van der Waals surface area contributed by atoms with Gasteiger partial charge in [-0.3, -0.25) is 9.59 Å². The van der Waals surface area contributed by atoms with Crippen molar-refractivity contribution in [1.82, 2.24) is 5.43 Å². The molecular weight excluding hydrogens is 701 g/mol. The zero-order chi connectivity index (χ0) is 29.5. The molecule has 4 aromatic carbocycles. The zero-order valence-corrected chi connectivity index (χ0v) is 25.8. The molecule has 0 aromatic heterocycles. The number of hydrogen-bond donors (Lipinski definition) is 2. The van der Waals surface area contributed by atoms with Gasteiger partial charge in [-0.1, -0.05) is 45.2 Å². The van der Waals surface area contributed by atoms with Crippen LogP contribution < -0.4 is 20.2 Å². The average Bonchev–Trinajstić information content (AvgIpc) is 2.94. The zero-order valence-electron chi connectivity index (χ0n) is 21.1. The molecule has 2 amide bonds. The molecule has 12 heteroatoms. The van der Waals surface area contributed by atoms with Crippen LogP contribution in [0, 0.1) is 0 Å². The van der Waals surface area contributed by atoms with E-state index in [9.17, 15) is 14.4 Å². The molecule has 0 saturated carbocycles. The highest BCUT2D eigenvalue weighted by Crippen LogP contribution is 2.33. The average molecular weight is 720 g/mol. The summed E-state index contributed by atoms with van der Waals surface area (Å²) in [5, 5.41) is 7.30. The summed E-state index contributed by atoms with van der Waals surface area (Å²) in [6.07, 6.45) is 1.33. The Morgan fingerprint density at radius 3 is 2.34 bits per heavy atom. The highest BCUT2D eigenvalue weighted by Gasteiger charge is 2.18. The Labute approximate surface area is 261 Å². The number of esters is 1. The summed E-state index contributed by atoms with van der Waals surface area (Å²) < 4.78 is 11.8. The molecule has 0 saturated heterocycles. The van der Waals surface area contributed by atoms with Crippen molar-refractivity contribution in [2.75, 3.05) is 12.4 Å². The van der Waals surface area contributed by atoms with Crippen LogP contribution in [0.15, 0.2) is 92.9 Å². The summed E-state index contributed by atoms with van der Waals surface area (Å²) in [4.78, 5) is 38.2. The number of anilines is 1. The van der Waals surface area contributed by atoms with Gasteiger partial charge in [0.05, 0.1) is 28.4 Å². The van der Waals surface area contributed by atoms with Gasteiger partial charge in [0.1, 0.15) is 5.75 Å². The van der Waals surface area contributed by atoms with E-state index in [1.54, 1.807) is 61.7 Å². The first-order chi connectivity index (χ1) is 19.6. The number of carbonyl (C=O) groups is 3. The van der Waals surface area contributed by atoms with E-state index in [0.717, 1.165) is 0 Å². The van der Waals surface area contributed by atoms with Crippen LogP contribution in [0.1, 0.15) is 36.6 Å². The van der Waals surface area contributed by atoms with Crippen LogP contribution in [-0.2, 0) is 0 Å². The van der Waals surface area contributed by atoms with E-state index in [2.05, 4.69) is 47.7 Å². The topological polar surface area (TPSA) is 106 Å². The van der Waals surface area contributed by atoms with Crippen molar-refractivity contribution in [2.45, 2.75) is 0 Å². The van der Waals surface area contributed by atoms with Gasteiger partial charge in [-0.05, 0) is 88.7 Å². The first-order valence-electron chi connectivity index (χ1n) is 11.7. The van der Waals surface area contributed by atoms with E-state index in [4.69, 9.17) is 32.7 Å². The maximum absolute atomic E-state index is 12.8. The van der Waals surface area contributed by atoms with Crippen molar-refractivity contribution in [3.8, 4) is 11.5 Å². The molecular formula is C29H19Br2Cl2N3O5. The first-order valence-corrected chi connectivity index (χ1v) is 14.0. The van der Waals surface area contributed by atoms with E-state index in [-0.39, 0.29) is 27.8 Å². The molecule has 0 aliphatic heterocycles. The Balaban J connectivity index is 1.46. The number of methoxy groups -OCH3 is 1. The number of halogens is 4. The van der Waals surface area contributed by atoms with Gasteiger partial charge in [-0.2, -0.15) is 5.10 Å². The monoisotopic (exact) mass is 717 g/mol. The molecule has 0 fully saturated rings. The molecule has 208 valence electrons. The quantitative estimate of drug-likeness (QED) is 0.0838. The van der Waals surface area contributed by atoms with Crippen molar-refractivity contribution in [3.63, 3.8) is 0 Å². The molecule has 4 rings (SSSR count). The fourth-order valence-electron chi connectivity index (χ4n) is 3.50. The summed E-state index contributed by atoms with van der Waals surface area (Å²) in [6, 6.07) is 20.8. The minimum Gasteiger partial charge on any atom is -0.497 e. The number of hydrazone groups is 1. The van der Waals surface area contributed by atoms with Gasteiger partial charge in [0.25, 0.3) is 11.8 Å². The second-order valence-electron chi connectivity index (χ2n) is 8.28. The summed E-state index contributed by atoms with van der Waals surface area (Å²) in [5.41, 5.74) is 4.06. The highest BCUT2D eigenvalue weighted by molar-refractivity contribution is 9.11. The molecule has 41 heavy (non-hydrogen) atoms. The fourth-order valence-corrected chi connectivity index (χ4v) is 5.32. The van der Waals surface area contributed by atoms with Gasteiger partial charge in [-0.25, -0.2) is 10.2 Å². The number of ether oxygens (including phenoxy) is 2. The minimum absolute atomic E-state index is 0.126. The second kappa shape index (κ2) is 13.8. The summed E-state index contributed by atoms with van der Waals surface area (Å²) in [6.45, 7) is 0. The number of nitrogens with zero attached hydrogens (tertiary/aromatic N) is 1. The normalized spacial score (nSPS) is 10.8. The van der Waals surface area contributed by atoms with E-state index in [0.29, 0.717) is 36.5 Å². The van der Waals surface area contributed by atoms with Gasteiger partial charge in [-0.15, -0.1) is 0 Å². The SMILES string of the molecule is COc1ccc(C(=O)Nc2cccc(C(=O)NN=Cc3cc(Br)cc(Br)c3OC(=O)c3ccc(Cl)cc3Cl)c2)cc1. The van der Waals surface area contributed by atoms with Crippen LogP contribution >= 0.6 is 55.1 Å². The Morgan fingerprint density at radius 1 is 0.878 bits per heavy atom. The van der Waals surface area contributed by atoms with Gasteiger partial charge >= 0.3 is 5.97 Å². The number of rotatable bonds is 8. The van der Waals surface area contributed by atoms with Crippen molar-refractivity contribution < 1.29 is 23.9 Å². The number of carbonyl (C=O) groups excluding carboxylic acids is 3. The van der Waals surface area contributed by atoms with Crippen molar-refractivity contribution >= 4 is 84.7 Å². The Hall–Kier alpha value is -3.70. The fraction of sp³-hybridized carbons (Fsp3) is 0.0345. The lowest BCUT2D eigenvalue weighted by atomic mass is 10.1. The van der Waals surface area contributed by atoms with Gasteiger partial charge in [0.2, 0.25) is 0 Å². The Morgan fingerprint density at radius 2 is 1.63 bits per heavy atom. The standard InChI is InChI=1S/C29H19Br2Cl2N3O5/c1-40-22-8-5-16(6-9-22)27(37)35-21-4-2-3-17(12-21)28(38)36-34-15-18-11-19(30)13-24(31)26(18)41-29(39)23-10-7-20(32)14-25(23)33/h2-15H,1H3,(H,35,37)(H,36,38). The molecule has 0 heterocycles. The van der Waals surface area contributed by atoms with Gasteiger partial charge in [0.15, 0.2) is 5.75 Å². The Kier molecular flexibility index (Phi) is 10.2. The lowest BCUT2D eigenvalue weighted by molar-refractivity contribution is 0.0732. The third kappa shape index (κ3) is 7.95. The molecule has 8 nitrogen and oxygen atoms in total. The number of amides is 2. The second-order valence-corrected chi connectivity index (χ2v) is 10.9. The molecule has 0 radical (unpaired) electrons. The van der Waals surface area contributed by atoms with Crippen LogP contribution in [0.5, 0.6) is 11.5 Å². The van der Waals surface area contributed by atoms with Crippen molar-refractivity contribution in [3.05, 3.63) is 120 Å². The summed E-state index contributed by atoms with van der Waals surface area (Å²) >= 11 is 18.8. The predicted molar refractivity (Wildman–Crippen MR) is 166 cm³/mol. The molecule has 2 N–H and O–H groups in total. The van der Waals surface area contributed by atoms with Crippen molar-refractivity contribution in [1.29, 1.82) is 0 Å².